The molecule has 1 aromatic rings. The summed E-state index contributed by atoms with van der Waals surface area (Å²) in [6, 6.07) is 10.1. The summed E-state index contributed by atoms with van der Waals surface area (Å²) in [5, 5.41) is 33.8. The predicted octanol–water partition coefficient (Wildman–Crippen LogP) is 3.15. The molecule has 0 aliphatic heterocycles. The molecule has 0 aromatic heterocycles. The molecule has 0 bridgehead atoms. The fourth-order valence-electron chi connectivity index (χ4n) is 4.06. The third kappa shape index (κ3) is 8.42. The fraction of sp³-hybridized carbons (Fsp3) is 0.560. The molecule has 1 aliphatic carbocycles. The average molecular weight is 416 g/mol. The number of allylic oxidation sites excluding steroid dienone is 2. The van der Waals surface area contributed by atoms with E-state index in [1.807, 2.05) is 55.5 Å². The lowest BCUT2D eigenvalue weighted by Gasteiger charge is -2.19. The Bertz CT molecular complexity index is 673. The Labute approximate surface area is 180 Å². The quantitative estimate of drug-likeness (QED) is 0.312. The number of unbranched alkanes of at least 4 members (excludes halogenated alkanes) is 1. The molecule has 166 valence electrons. The number of rotatable bonds is 12. The van der Waals surface area contributed by atoms with Gasteiger partial charge in [0.25, 0.3) is 0 Å². The number of amides is 1. The summed E-state index contributed by atoms with van der Waals surface area (Å²) in [6.07, 6.45) is 10.6. The molecule has 30 heavy (non-hydrogen) atoms. The molecule has 1 fully saturated rings. The summed E-state index contributed by atoms with van der Waals surface area (Å²) in [4.78, 5) is 11.4. The van der Waals surface area contributed by atoms with Gasteiger partial charge in [0.05, 0.1) is 18.3 Å². The van der Waals surface area contributed by atoms with Crippen molar-refractivity contribution >= 4 is 5.91 Å². The van der Waals surface area contributed by atoms with Gasteiger partial charge in [-0.1, -0.05) is 54.6 Å². The largest absolute Gasteiger partial charge is 0.393 e. The molecule has 5 nitrogen and oxygen atoms in total. The minimum Gasteiger partial charge on any atom is -0.393 e. The second-order valence-corrected chi connectivity index (χ2v) is 8.14. The molecule has 1 aliphatic rings. The maximum atomic E-state index is 11.4. The van der Waals surface area contributed by atoms with Crippen LogP contribution in [0.5, 0.6) is 0 Å². The van der Waals surface area contributed by atoms with Gasteiger partial charge in [-0.05, 0) is 50.5 Å². The summed E-state index contributed by atoms with van der Waals surface area (Å²) < 4.78 is 0. The molecular formula is C25H37NO4. The van der Waals surface area contributed by atoms with Crippen LogP contribution in [0.2, 0.25) is 0 Å². The van der Waals surface area contributed by atoms with Crippen molar-refractivity contribution < 1.29 is 20.1 Å². The summed E-state index contributed by atoms with van der Waals surface area (Å²) in [5.41, 5.74) is 1.19. The van der Waals surface area contributed by atoms with Gasteiger partial charge in [-0.2, -0.15) is 0 Å². The van der Waals surface area contributed by atoms with Crippen LogP contribution in [-0.4, -0.2) is 46.1 Å². The van der Waals surface area contributed by atoms with Crippen LogP contribution >= 0.6 is 0 Å². The molecular weight excluding hydrogens is 378 g/mol. The molecule has 4 N–H and O–H groups in total. The molecule has 0 saturated heterocycles. The minimum absolute atomic E-state index is 0.0581. The van der Waals surface area contributed by atoms with E-state index < -0.39 is 18.3 Å². The van der Waals surface area contributed by atoms with Gasteiger partial charge in [0.15, 0.2) is 0 Å². The lowest BCUT2D eigenvalue weighted by molar-refractivity contribution is -0.121. The molecule has 1 amide bonds. The normalized spacial score (nSPS) is 25.2. The first-order chi connectivity index (χ1) is 14.5. The maximum absolute atomic E-state index is 11.4. The Morgan fingerprint density at radius 1 is 1.20 bits per heavy atom. The van der Waals surface area contributed by atoms with Gasteiger partial charge in [0.1, 0.15) is 0 Å². The highest BCUT2D eigenvalue weighted by molar-refractivity contribution is 5.75. The molecule has 1 aromatic carbocycles. The Hall–Kier alpha value is -1.95. The first-order valence-electron chi connectivity index (χ1n) is 11.2. The van der Waals surface area contributed by atoms with Crippen molar-refractivity contribution in [1.82, 2.24) is 5.32 Å². The summed E-state index contributed by atoms with van der Waals surface area (Å²) in [7, 11) is 0. The van der Waals surface area contributed by atoms with E-state index in [2.05, 4.69) is 5.32 Å². The van der Waals surface area contributed by atoms with Gasteiger partial charge in [-0.3, -0.25) is 4.79 Å². The summed E-state index contributed by atoms with van der Waals surface area (Å²) in [5.74, 6) is -0.139. The average Bonchev–Trinajstić information content (AvgIpc) is 3.00. The van der Waals surface area contributed by atoms with Gasteiger partial charge >= 0.3 is 0 Å². The van der Waals surface area contributed by atoms with E-state index in [1.54, 1.807) is 6.08 Å². The second kappa shape index (κ2) is 13.4. The molecule has 2 unspecified atom stereocenters. The van der Waals surface area contributed by atoms with Crippen LogP contribution in [0.1, 0.15) is 51.0 Å². The number of carbonyl (C=O) groups excluding carboxylic acids is 1. The lowest BCUT2D eigenvalue weighted by atomic mass is 9.89. The monoisotopic (exact) mass is 415 g/mol. The topological polar surface area (TPSA) is 89.8 Å². The van der Waals surface area contributed by atoms with Crippen molar-refractivity contribution in [2.75, 3.05) is 6.54 Å². The highest BCUT2D eigenvalue weighted by Gasteiger charge is 2.39. The Morgan fingerprint density at radius 3 is 2.70 bits per heavy atom. The van der Waals surface area contributed by atoms with E-state index in [1.165, 1.54) is 5.56 Å². The number of aryl methyl sites for hydroxylation is 1. The molecule has 1 saturated carbocycles. The molecule has 0 spiro atoms. The predicted molar refractivity (Wildman–Crippen MR) is 120 cm³/mol. The molecule has 2 rings (SSSR count). The third-order valence-corrected chi connectivity index (χ3v) is 5.77. The maximum Gasteiger partial charge on any atom is 0.219 e. The highest BCUT2D eigenvalue weighted by atomic mass is 16.3. The van der Waals surface area contributed by atoms with Gasteiger partial charge in [-0.15, -0.1) is 0 Å². The Balaban J connectivity index is 1.78. The Morgan fingerprint density at radius 2 is 1.97 bits per heavy atom. The lowest BCUT2D eigenvalue weighted by Crippen LogP contribution is -2.21. The summed E-state index contributed by atoms with van der Waals surface area (Å²) >= 11 is 0. The van der Waals surface area contributed by atoms with Crippen molar-refractivity contribution in [1.29, 1.82) is 0 Å². The first-order valence-corrected chi connectivity index (χ1v) is 11.2. The van der Waals surface area contributed by atoms with Crippen LogP contribution in [0.15, 0.2) is 54.6 Å². The van der Waals surface area contributed by atoms with Crippen LogP contribution in [0.3, 0.4) is 0 Å². The zero-order chi connectivity index (χ0) is 21.8. The number of aliphatic hydroxyl groups excluding tert-OH is 3. The van der Waals surface area contributed by atoms with E-state index in [0.29, 0.717) is 32.2 Å². The van der Waals surface area contributed by atoms with Crippen molar-refractivity contribution in [2.45, 2.75) is 70.2 Å². The smallest absolute Gasteiger partial charge is 0.219 e. The van der Waals surface area contributed by atoms with Crippen molar-refractivity contribution in [3.05, 3.63) is 60.2 Å². The number of hydrogen-bond acceptors (Lipinski definition) is 4. The highest BCUT2D eigenvalue weighted by Crippen LogP contribution is 2.36. The van der Waals surface area contributed by atoms with Crippen molar-refractivity contribution in [2.24, 2.45) is 11.8 Å². The van der Waals surface area contributed by atoms with E-state index in [0.717, 1.165) is 19.3 Å². The van der Waals surface area contributed by atoms with E-state index in [9.17, 15) is 20.1 Å². The zero-order valence-corrected chi connectivity index (χ0v) is 18.0. The third-order valence-electron chi connectivity index (χ3n) is 5.77. The number of nitrogens with one attached hydrogen (secondary N) is 1. The van der Waals surface area contributed by atoms with Crippen molar-refractivity contribution in [3.8, 4) is 0 Å². The van der Waals surface area contributed by atoms with Crippen LogP contribution in [-0.2, 0) is 11.2 Å². The van der Waals surface area contributed by atoms with E-state index >= 15 is 0 Å². The van der Waals surface area contributed by atoms with E-state index in [4.69, 9.17) is 0 Å². The summed E-state index contributed by atoms with van der Waals surface area (Å²) in [6.45, 7) is 2.57. The van der Waals surface area contributed by atoms with Gasteiger partial charge < -0.3 is 20.6 Å². The second-order valence-electron chi connectivity index (χ2n) is 8.14. The first kappa shape index (κ1) is 24.3. The number of hydrogen-bond donors (Lipinski definition) is 4. The zero-order valence-electron chi connectivity index (χ0n) is 18.0. The SMILES string of the molecule is CCNC(=O)CCCC=CC[C@H]1[C@@H](O)CC(O)[C@@H]1C=CC(O)CCc1ccccc1. The van der Waals surface area contributed by atoms with Gasteiger partial charge in [-0.25, -0.2) is 0 Å². The van der Waals surface area contributed by atoms with Crippen LogP contribution in [0, 0.1) is 11.8 Å². The molecule has 5 atom stereocenters. The van der Waals surface area contributed by atoms with Crippen LogP contribution < -0.4 is 5.32 Å². The van der Waals surface area contributed by atoms with Gasteiger partial charge in [0, 0.05) is 25.3 Å². The Kier molecular flexibility index (Phi) is 10.8. The number of benzene rings is 1. The van der Waals surface area contributed by atoms with Crippen LogP contribution in [0.25, 0.3) is 0 Å². The van der Waals surface area contributed by atoms with Crippen molar-refractivity contribution in [3.63, 3.8) is 0 Å². The van der Waals surface area contributed by atoms with Gasteiger partial charge in [0.2, 0.25) is 5.91 Å². The standard InChI is InChI=1S/C25H37NO4/c1-2-26-25(30)13-9-4-3-8-12-21-22(24(29)18-23(21)28)17-16-20(27)15-14-19-10-6-5-7-11-19/h3,5-8,10-11,16-17,20-24,27-29H,2,4,9,12-15,18H2,1H3,(H,26,30)/t20?,21-,22-,23+,24?/m1/s1. The fourth-order valence-corrected chi connectivity index (χ4v) is 4.06. The van der Waals surface area contributed by atoms with Crippen LogP contribution in [0.4, 0.5) is 0 Å². The minimum atomic E-state index is -0.589. The number of carbonyl (C=O) groups is 1. The molecule has 0 radical (unpaired) electrons. The number of aliphatic hydroxyl groups is 3. The van der Waals surface area contributed by atoms with E-state index in [-0.39, 0.29) is 17.7 Å². The molecule has 0 heterocycles. The molecule has 5 heteroatoms.